The predicted octanol–water partition coefficient (Wildman–Crippen LogP) is 3.01. The summed E-state index contributed by atoms with van der Waals surface area (Å²) >= 11 is 0. The van der Waals surface area contributed by atoms with E-state index in [-0.39, 0.29) is 17.6 Å². The molecule has 0 radical (unpaired) electrons. The zero-order valence-corrected chi connectivity index (χ0v) is 13.5. The topological polar surface area (TPSA) is 62.6 Å². The summed E-state index contributed by atoms with van der Waals surface area (Å²) in [6.07, 6.45) is 6.37. The Morgan fingerprint density at radius 2 is 2.00 bits per heavy atom. The predicted molar refractivity (Wildman–Crippen MR) is 89.9 cm³/mol. The first-order valence-electron chi connectivity index (χ1n) is 8.49. The van der Waals surface area contributed by atoms with Crippen molar-refractivity contribution in [3.63, 3.8) is 0 Å². The van der Waals surface area contributed by atoms with E-state index in [1.807, 2.05) is 6.07 Å². The number of hydrogen-bond donors (Lipinski definition) is 1. The molecule has 0 spiro atoms. The summed E-state index contributed by atoms with van der Waals surface area (Å²) in [4.78, 5) is 26.8. The van der Waals surface area contributed by atoms with Crippen LogP contribution in [-0.2, 0) is 17.6 Å². The molecule has 1 aliphatic heterocycles. The molecular formula is C19H20N2O3. The number of fused-ring (bicyclic) bond motifs is 1. The van der Waals surface area contributed by atoms with Crippen LogP contribution < -0.4 is 5.32 Å². The highest BCUT2D eigenvalue weighted by atomic mass is 16.3. The Morgan fingerprint density at radius 1 is 1.12 bits per heavy atom. The molecule has 4 rings (SSSR count). The first-order chi connectivity index (χ1) is 11.7. The van der Waals surface area contributed by atoms with Crippen LogP contribution in [0.3, 0.4) is 0 Å². The van der Waals surface area contributed by atoms with Crippen LogP contribution in [-0.4, -0.2) is 29.3 Å². The van der Waals surface area contributed by atoms with Crippen LogP contribution in [0, 0.1) is 0 Å². The summed E-state index contributed by atoms with van der Waals surface area (Å²) < 4.78 is 5.18. The Bertz CT molecular complexity index is 767. The lowest BCUT2D eigenvalue weighted by molar-refractivity contribution is -0.119. The minimum atomic E-state index is -0.434. The van der Waals surface area contributed by atoms with E-state index in [9.17, 15) is 9.59 Å². The van der Waals surface area contributed by atoms with E-state index in [4.69, 9.17) is 4.42 Å². The lowest BCUT2D eigenvalue weighted by Gasteiger charge is -2.23. The van der Waals surface area contributed by atoms with Gasteiger partial charge in [0.05, 0.1) is 6.26 Å². The molecular weight excluding hydrogens is 304 g/mol. The van der Waals surface area contributed by atoms with Crippen molar-refractivity contribution in [2.24, 2.45) is 0 Å². The number of aryl methyl sites for hydroxylation is 2. The maximum atomic E-state index is 12.7. The standard InChI is InChI=1S/C19H20N2O3/c22-18(20-15-9-8-13-4-1-5-14(13)12-15)16-6-2-10-21(16)19(23)17-7-3-11-24-17/h3,7-9,11-12,16H,1-2,4-6,10H2,(H,20,22)/t16-/m0/s1. The van der Waals surface area contributed by atoms with Crippen molar-refractivity contribution in [3.05, 3.63) is 53.5 Å². The average Bonchev–Trinajstić information content (AvgIpc) is 3.33. The van der Waals surface area contributed by atoms with Crippen molar-refractivity contribution in [2.75, 3.05) is 11.9 Å². The molecule has 0 unspecified atom stereocenters. The molecule has 5 nitrogen and oxygen atoms in total. The highest BCUT2D eigenvalue weighted by Gasteiger charge is 2.35. The number of rotatable bonds is 3. The SMILES string of the molecule is O=C(Nc1ccc2c(c1)CCC2)[C@@H]1CCCN1C(=O)c1ccco1. The Hall–Kier alpha value is -2.56. The quantitative estimate of drug-likeness (QED) is 0.944. The highest BCUT2D eigenvalue weighted by Crippen LogP contribution is 2.26. The van der Waals surface area contributed by atoms with E-state index in [1.54, 1.807) is 17.0 Å². The van der Waals surface area contributed by atoms with Crippen LogP contribution in [0.4, 0.5) is 5.69 Å². The molecule has 1 aromatic carbocycles. The fourth-order valence-corrected chi connectivity index (χ4v) is 3.70. The van der Waals surface area contributed by atoms with Gasteiger partial charge in [-0.3, -0.25) is 9.59 Å². The third-order valence-electron chi connectivity index (χ3n) is 4.91. The molecule has 0 saturated carbocycles. The van der Waals surface area contributed by atoms with Crippen molar-refractivity contribution in [2.45, 2.75) is 38.1 Å². The van der Waals surface area contributed by atoms with E-state index >= 15 is 0 Å². The van der Waals surface area contributed by atoms with E-state index in [1.165, 1.54) is 23.8 Å². The number of hydrogen-bond acceptors (Lipinski definition) is 3. The fraction of sp³-hybridized carbons (Fsp3) is 0.368. The fourth-order valence-electron chi connectivity index (χ4n) is 3.70. The molecule has 24 heavy (non-hydrogen) atoms. The van der Waals surface area contributed by atoms with Crippen LogP contribution in [0.5, 0.6) is 0 Å². The first-order valence-corrected chi connectivity index (χ1v) is 8.49. The van der Waals surface area contributed by atoms with Crippen molar-refractivity contribution in [1.82, 2.24) is 4.90 Å². The van der Waals surface area contributed by atoms with Crippen LogP contribution >= 0.6 is 0 Å². The number of furan rings is 1. The number of amides is 2. The summed E-state index contributed by atoms with van der Waals surface area (Å²) in [5.74, 6) is -0.0517. The zero-order chi connectivity index (χ0) is 16.5. The van der Waals surface area contributed by atoms with Crippen LogP contribution in [0.2, 0.25) is 0 Å². The molecule has 124 valence electrons. The van der Waals surface area contributed by atoms with Gasteiger partial charge in [0.2, 0.25) is 5.91 Å². The maximum Gasteiger partial charge on any atom is 0.290 e. The summed E-state index contributed by atoms with van der Waals surface area (Å²) in [5.41, 5.74) is 3.52. The molecule has 1 aromatic heterocycles. The van der Waals surface area contributed by atoms with Gasteiger partial charge in [0, 0.05) is 12.2 Å². The third kappa shape index (κ3) is 2.70. The summed E-state index contributed by atoms with van der Waals surface area (Å²) in [6.45, 7) is 0.585. The maximum absolute atomic E-state index is 12.7. The van der Waals surface area contributed by atoms with Gasteiger partial charge in [-0.1, -0.05) is 6.07 Å². The Kier molecular flexibility index (Phi) is 3.84. The van der Waals surface area contributed by atoms with Crippen LogP contribution in [0.25, 0.3) is 0 Å². The second-order valence-electron chi connectivity index (χ2n) is 6.46. The number of nitrogens with zero attached hydrogens (tertiary/aromatic N) is 1. The molecule has 5 heteroatoms. The van der Waals surface area contributed by atoms with Crippen LogP contribution in [0.15, 0.2) is 41.0 Å². The van der Waals surface area contributed by atoms with Gasteiger partial charge in [-0.2, -0.15) is 0 Å². The number of anilines is 1. The lowest BCUT2D eigenvalue weighted by atomic mass is 10.1. The summed E-state index contributed by atoms with van der Waals surface area (Å²) in [7, 11) is 0. The number of carbonyl (C=O) groups is 2. The molecule has 2 aliphatic rings. The Morgan fingerprint density at radius 3 is 2.83 bits per heavy atom. The van der Waals surface area contributed by atoms with Gasteiger partial charge in [0.25, 0.3) is 5.91 Å². The van der Waals surface area contributed by atoms with Gasteiger partial charge >= 0.3 is 0 Å². The van der Waals surface area contributed by atoms with Gasteiger partial charge in [-0.05, 0) is 67.5 Å². The van der Waals surface area contributed by atoms with E-state index < -0.39 is 6.04 Å². The van der Waals surface area contributed by atoms with E-state index in [0.717, 1.165) is 24.9 Å². The summed E-state index contributed by atoms with van der Waals surface area (Å²) in [5, 5.41) is 2.98. The van der Waals surface area contributed by atoms with Gasteiger partial charge < -0.3 is 14.6 Å². The highest BCUT2D eigenvalue weighted by molar-refractivity contribution is 6.00. The molecule has 0 bridgehead atoms. The van der Waals surface area contributed by atoms with Gasteiger partial charge in [-0.25, -0.2) is 0 Å². The van der Waals surface area contributed by atoms with Gasteiger partial charge in [0.1, 0.15) is 6.04 Å². The molecule has 1 N–H and O–H groups in total. The molecule has 1 fully saturated rings. The third-order valence-corrected chi connectivity index (χ3v) is 4.91. The molecule has 2 amide bonds. The first kappa shape index (κ1) is 15.0. The Balaban J connectivity index is 1.48. The molecule has 2 aromatic rings. The second-order valence-corrected chi connectivity index (χ2v) is 6.46. The Labute approximate surface area is 140 Å². The average molecular weight is 324 g/mol. The number of nitrogens with one attached hydrogen (secondary N) is 1. The van der Waals surface area contributed by atoms with E-state index in [2.05, 4.69) is 17.4 Å². The smallest absolute Gasteiger partial charge is 0.290 e. The molecule has 1 saturated heterocycles. The normalized spacial score (nSPS) is 19.3. The van der Waals surface area contributed by atoms with E-state index in [0.29, 0.717) is 13.0 Å². The monoisotopic (exact) mass is 324 g/mol. The lowest BCUT2D eigenvalue weighted by Crippen LogP contribution is -2.43. The molecule has 2 heterocycles. The van der Waals surface area contributed by atoms with Crippen molar-refractivity contribution in [1.29, 1.82) is 0 Å². The second kappa shape index (κ2) is 6.15. The zero-order valence-electron chi connectivity index (χ0n) is 13.5. The number of carbonyl (C=O) groups excluding carboxylic acids is 2. The van der Waals surface area contributed by atoms with Gasteiger partial charge in [0.15, 0.2) is 5.76 Å². The van der Waals surface area contributed by atoms with Gasteiger partial charge in [-0.15, -0.1) is 0 Å². The number of likely N-dealkylation sites (tertiary alicyclic amines) is 1. The van der Waals surface area contributed by atoms with Crippen molar-refractivity contribution >= 4 is 17.5 Å². The van der Waals surface area contributed by atoms with Crippen LogP contribution in [0.1, 0.15) is 40.9 Å². The minimum Gasteiger partial charge on any atom is -0.459 e. The van der Waals surface area contributed by atoms with Crippen molar-refractivity contribution in [3.8, 4) is 0 Å². The van der Waals surface area contributed by atoms with Crippen molar-refractivity contribution < 1.29 is 14.0 Å². The molecule has 1 atom stereocenters. The largest absolute Gasteiger partial charge is 0.459 e. The summed E-state index contributed by atoms with van der Waals surface area (Å²) in [6, 6.07) is 9.00. The minimum absolute atomic E-state index is 0.120. The number of benzene rings is 1. The molecule has 1 aliphatic carbocycles.